The molecule has 1 N–H and O–H groups in total. The van der Waals surface area contributed by atoms with E-state index in [0.29, 0.717) is 18.2 Å². The standard InChI is InChI=1S/C24H38N4O2.HI/c1-19-17-20-7-3-4-9-23(20)28(19)15-12-26-24(25-2)27-13-10-21(11-14-27)30-18-22-8-5-6-16-29-22;/h3-4,7,9,19,21-22H,5-6,8,10-18H2,1-2H3,(H,25,26);1H. The van der Waals surface area contributed by atoms with Crippen LogP contribution in [0.3, 0.4) is 0 Å². The van der Waals surface area contributed by atoms with Gasteiger partial charge in [-0.3, -0.25) is 4.99 Å². The minimum atomic E-state index is 0. The minimum Gasteiger partial charge on any atom is -0.376 e. The first-order chi connectivity index (χ1) is 14.7. The Balaban J connectivity index is 0.00000272. The summed E-state index contributed by atoms with van der Waals surface area (Å²) in [5, 5.41) is 3.59. The van der Waals surface area contributed by atoms with Crippen molar-refractivity contribution in [3.63, 3.8) is 0 Å². The maximum Gasteiger partial charge on any atom is 0.193 e. The minimum absolute atomic E-state index is 0. The SMILES string of the molecule is CN=C(NCCN1c2ccccc2CC1C)N1CCC(OCC2CCCCO2)CC1.I. The molecule has 0 amide bonds. The molecule has 2 atom stereocenters. The van der Waals surface area contributed by atoms with E-state index in [-0.39, 0.29) is 24.0 Å². The monoisotopic (exact) mass is 542 g/mol. The van der Waals surface area contributed by atoms with E-state index < -0.39 is 0 Å². The molecule has 0 aliphatic carbocycles. The van der Waals surface area contributed by atoms with E-state index in [1.54, 1.807) is 0 Å². The van der Waals surface area contributed by atoms with Gasteiger partial charge in [0.2, 0.25) is 0 Å². The van der Waals surface area contributed by atoms with E-state index in [0.717, 1.165) is 71.0 Å². The molecule has 2 saturated heterocycles. The number of rotatable bonds is 6. The third-order valence-electron chi connectivity index (χ3n) is 6.73. The molecule has 2 fully saturated rings. The topological polar surface area (TPSA) is 49.3 Å². The zero-order valence-electron chi connectivity index (χ0n) is 19.1. The lowest BCUT2D eigenvalue weighted by molar-refractivity contribution is -0.0721. The number of benzene rings is 1. The zero-order chi connectivity index (χ0) is 20.8. The first kappa shape index (κ1) is 24.6. The maximum atomic E-state index is 6.16. The fourth-order valence-electron chi connectivity index (χ4n) is 5.01. The highest BCUT2D eigenvalue weighted by atomic mass is 127. The van der Waals surface area contributed by atoms with Gasteiger partial charge in [-0.15, -0.1) is 24.0 Å². The summed E-state index contributed by atoms with van der Waals surface area (Å²) >= 11 is 0. The second-order valence-corrected chi connectivity index (χ2v) is 8.86. The quantitative estimate of drug-likeness (QED) is 0.338. The van der Waals surface area contributed by atoms with Crippen molar-refractivity contribution in [2.24, 2.45) is 4.99 Å². The molecule has 3 aliphatic rings. The fourth-order valence-corrected chi connectivity index (χ4v) is 5.01. The summed E-state index contributed by atoms with van der Waals surface area (Å²) in [5.74, 6) is 1.02. The number of anilines is 1. The van der Waals surface area contributed by atoms with E-state index in [1.807, 2.05) is 7.05 Å². The molecule has 0 spiro atoms. The number of nitrogens with one attached hydrogen (secondary N) is 1. The predicted octanol–water partition coefficient (Wildman–Crippen LogP) is 3.68. The number of hydrogen-bond acceptors (Lipinski definition) is 4. The van der Waals surface area contributed by atoms with Crippen LogP contribution < -0.4 is 10.2 Å². The second-order valence-electron chi connectivity index (χ2n) is 8.86. The van der Waals surface area contributed by atoms with Crippen molar-refractivity contribution in [2.45, 2.75) is 63.7 Å². The number of aliphatic imine (C=N–C) groups is 1. The summed E-state index contributed by atoms with van der Waals surface area (Å²) in [6.45, 7) is 7.87. The summed E-state index contributed by atoms with van der Waals surface area (Å²) in [6, 6.07) is 9.35. The highest BCUT2D eigenvalue weighted by Gasteiger charge is 2.26. The molecule has 7 heteroatoms. The molecule has 3 heterocycles. The fraction of sp³-hybridized carbons (Fsp3) is 0.708. The highest BCUT2D eigenvalue weighted by molar-refractivity contribution is 14.0. The van der Waals surface area contributed by atoms with Crippen LogP contribution in [0.15, 0.2) is 29.3 Å². The van der Waals surface area contributed by atoms with Crippen LogP contribution >= 0.6 is 24.0 Å². The Kier molecular flexibility index (Phi) is 9.72. The first-order valence-electron chi connectivity index (χ1n) is 11.8. The van der Waals surface area contributed by atoms with Gasteiger partial charge in [-0.1, -0.05) is 18.2 Å². The zero-order valence-corrected chi connectivity index (χ0v) is 21.4. The second kappa shape index (κ2) is 12.3. The first-order valence-corrected chi connectivity index (χ1v) is 11.8. The van der Waals surface area contributed by atoms with Gasteiger partial charge in [0.15, 0.2) is 5.96 Å². The lowest BCUT2D eigenvalue weighted by atomic mass is 10.1. The molecule has 0 aromatic heterocycles. The highest BCUT2D eigenvalue weighted by Crippen LogP contribution is 2.31. The van der Waals surface area contributed by atoms with Crippen LogP contribution in [0.25, 0.3) is 0 Å². The van der Waals surface area contributed by atoms with Gasteiger partial charge in [-0.25, -0.2) is 0 Å². The summed E-state index contributed by atoms with van der Waals surface area (Å²) in [4.78, 5) is 9.43. The van der Waals surface area contributed by atoms with Crippen LogP contribution in [-0.2, 0) is 15.9 Å². The smallest absolute Gasteiger partial charge is 0.193 e. The normalized spacial score (nSPS) is 24.6. The number of nitrogens with zero attached hydrogens (tertiary/aromatic N) is 3. The Morgan fingerprint density at radius 2 is 2.00 bits per heavy atom. The van der Waals surface area contributed by atoms with E-state index in [2.05, 4.69) is 51.3 Å². The van der Waals surface area contributed by atoms with Crippen LogP contribution in [0.4, 0.5) is 5.69 Å². The Bertz CT molecular complexity index is 703. The lowest BCUT2D eigenvalue weighted by Crippen LogP contribution is -2.49. The molecule has 0 radical (unpaired) electrons. The number of hydrogen-bond donors (Lipinski definition) is 1. The largest absolute Gasteiger partial charge is 0.376 e. The number of fused-ring (bicyclic) bond motifs is 1. The summed E-state index contributed by atoms with van der Waals surface area (Å²) in [5.41, 5.74) is 2.86. The number of ether oxygens (including phenoxy) is 2. The number of halogens is 1. The van der Waals surface area contributed by atoms with Crippen molar-refractivity contribution in [1.29, 1.82) is 0 Å². The van der Waals surface area contributed by atoms with E-state index in [9.17, 15) is 0 Å². The van der Waals surface area contributed by atoms with E-state index in [1.165, 1.54) is 24.1 Å². The van der Waals surface area contributed by atoms with Crippen LogP contribution in [-0.4, -0.2) is 75.5 Å². The molecule has 0 saturated carbocycles. The van der Waals surface area contributed by atoms with Gasteiger partial charge < -0.3 is 24.6 Å². The Labute approximate surface area is 204 Å². The number of likely N-dealkylation sites (tertiary alicyclic amines) is 1. The van der Waals surface area contributed by atoms with Crippen LogP contribution in [0, 0.1) is 0 Å². The van der Waals surface area contributed by atoms with Crippen LogP contribution in [0.1, 0.15) is 44.6 Å². The van der Waals surface area contributed by atoms with Crippen LogP contribution in [0.2, 0.25) is 0 Å². The molecule has 0 bridgehead atoms. The molecule has 31 heavy (non-hydrogen) atoms. The van der Waals surface area contributed by atoms with Gasteiger partial charge in [0, 0.05) is 51.6 Å². The van der Waals surface area contributed by atoms with Crippen molar-refractivity contribution in [3.05, 3.63) is 29.8 Å². The average Bonchev–Trinajstić information content (AvgIpc) is 3.11. The molecular weight excluding hydrogens is 503 g/mol. The van der Waals surface area contributed by atoms with Crippen molar-refractivity contribution in [3.8, 4) is 0 Å². The van der Waals surface area contributed by atoms with Gasteiger partial charge >= 0.3 is 0 Å². The Morgan fingerprint density at radius 1 is 1.19 bits per heavy atom. The molecule has 1 aromatic carbocycles. The third kappa shape index (κ3) is 6.48. The summed E-state index contributed by atoms with van der Waals surface area (Å²) in [6.07, 6.45) is 7.55. The van der Waals surface area contributed by atoms with Crippen molar-refractivity contribution in [2.75, 3.05) is 51.3 Å². The van der Waals surface area contributed by atoms with Crippen molar-refractivity contribution < 1.29 is 9.47 Å². The van der Waals surface area contributed by atoms with Gasteiger partial charge in [0.1, 0.15) is 0 Å². The lowest BCUT2D eigenvalue weighted by Gasteiger charge is -2.35. The molecule has 3 aliphatic heterocycles. The molecule has 4 rings (SSSR count). The van der Waals surface area contributed by atoms with Gasteiger partial charge in [-0.05, 0) is 57.1 Å². The molecular formula is C24H39IN4O2. The van der Waals surface area contributed by atoms with Crippen LogP contribution in [0.5, 0.6) is 0 Å². The van der Waals surface area contributed by atoms with E-state index in [4.69, 9.17) is 9.47 Å². The predicted molar refractivity (Wildman–Crippen MR) is 138 cm³/mol. The molecule has 1 aromatic rings. The number of piperidine rings is 1. The molecule has 2 unspecified atom stereocenters. The van der Waals surface area contributed by atoms with Gasteiger partial charge in [-0.2, -0.15) is 0 Å². The molecule has 6 nitrogen and oxygen atoms in total. The van der Waals surface area contributed by atoms with E-state index >= 15 is 0 Å². The average molecular weight is 543 g/mol. The maximum absolute atomic E-state index is 6.16. The van der Waals surface area contributed by atoms with Crippen molar-refractivity contribution in [1.82, 2.24) is 10.2 Å². The van der Waals surface area contributed by atoms with Crippen molar-refractivity contribution >= 4 is 35.6 Å². The Morgan fingerprint density at radius 3 is 2.74 bits per heavy atom. The summed E-state index contributed by atoms with van der Waals surface area (Å²) in [7, 11) is 1.89. The Hall–Kier alpha value is -1.06. The number of para-hydroxylation sites is 1. The summed E-state index contributed by atoms with van der Waals surface area (Å²) < 4.78 is 12.0. The molecule has 174 valence electrons. The third-order valence-corrected chi connectivity index (χ3v) is 6.73. The van der Waals surface area contributed by atoms with Gasteiger partial charge in [0.25, 0.3) is 0 Å². The van der Waals surface area contributed by atoms with Gasteiger partial charge in [0.05, 0.1) is 18.8 Å². The number of guanidine groups is 1.